The van der Waals surface area contributed by atoms with Crippen LogP contribution in [0.2, 0.25) is 5.02 Å². The summed E-state index contributed by atoms with van der Waals surface area (Å²) >= 11 is 5.95. The van der Waals surface area contributed by atoms with Crippen molar-refractivity contribution in [2.45, 2.75) is 25.8 Å². The molecule has 27 heavy (non-hydrogen) atoms. The van der Waals surface area contributed by atoms with Crippen molar-refractivity contribution >= 4 is 17.5 Å². The average molecular weight is 384 g/mol. The standard InChI is InChI=1S/C21H22ClN3O2/c1-14-19(21(25-24-14)16-7-9-17(22)10-8-16)12-20(27)23-18(13-26)11-15-5-3-2-4-6-15/h2-10,18,26H,11-13H2,1H3,(H,23,27)(H,24,25). The predicted octanol–water partition coefficient (Wildman–Crippen LogP) is 3.30. The summed E-state index contributed by atoms with van der Waals surface area (Å²) in [5, 5.41) is 20.5. The number of amides is 1. The van der Waals surface area contributed by atoms with E-state index in [1.165, 1.54) is 0 Å². The minimum absolute atomic E-state index is 0.116. The molecule has 0 saturated carbocycles. The first-order valence-electron chi connectivity index (χ1n) is 8.80. The topological polar surface area (TPSA) is 78.0 Å². The van der Waals surface area contributed by atoms with Gasteiger partial charge in [-0.15, -0.1) is 0 Å². The maximum Gasteiger partial charge on any atom is 0.224 e. The van der Waals surface area contributed by atoms with Crippen molar-refractivity contribution in [2.75, 3.05) is 6.61 Å². The molecule has 1 heterocycles. The Morgan fingerprint density at radius 1 is 1.19 bits per heavy atom. The minimum Gasteiger partial charge on any atom is -0.394 e. The van der Waals surface area contributed by atoms with Crippen LogP contribution in [-0.4, -0.2) is 33.9 Å². The van der Waals surface area contributed by atoms with E-state index in [4.69, 9.17) is 11.6 Å². The molecule has 0 bridgehead atoms. The third-order valence-electron chi connectivity index (χ3n) is 4.44. The molecule has 0 fully saturated rings. The highest BCUT2D eigenvalue weighted by Gasteiger charge is 2.18. The number of carbonyl (C=O) groups excluding carboxylic acids is 1. The van der Waals surface area contributed by atoms with Crippen molar-refractivity contribution in [3.8, 4) is 11.3 Å². The number of rotatable bonds is 7. The van der Waals surface area contributed by atoms with Crippen molar-refractivity contribution in [3.63, 3.8) is 0 Å². The number of halogens is 1. The minimum atomic E-state index is -0.328. The number of nitrogens with zero attached hydrogens (tertiary/aromatic N) is 1. The van der Waals surface area contributed by atoms with E-state index < -0.39 is 0 Å². The molecule has 1 unspecified atom stereocenters. The van der Waals surface area contributed by atoms with E-state index in [1.807, 2.05) is 49.4 Å². The Bertz CT molecular complexity index is 892. The van der Waals surface area contributed by atoms with Crippen LogP contribution in [-0.2, 0) is 17.6 Å². The van der Waals surface area contributed by atoms with E-state index in [2.05, 4.69) is 15.5 Å². The molecule has 0 aliphatic carbocycles. The van der Waals surface area contributed by atoms with E-state index in [0.717, 1.165) is 28.1 Å². The van der Waals surface area contributed by atoms with Gasteiger partial charge in [0.25, 0.3) is 0 Å². The van der Waals surface area contributed by atoms with Crippen molar-refractivity contribution in [1.29, 1.82) is 0 Å². The zero-order valence-electron chi connectivity index (χ0n) is 15.1. The second kappa shape index (κ2) is 8.84. The molecule has 3 rings (SSSR count). The van der Waals surface area contributed by atoms with E-state index >= 15 is 0 Å². The number of hydrogen-bond acceptors (Lipinski definition) is 3. The maximum absolute atomic E-state index is 12.6. The van der Waals surface area contributed by atoms with Crippen LogP contribution in [0.3, 0.4) is 0 Å². The van der Waals surface area contributed by atoms with E-state index in [9.17, 15) is 9.90 Å². The van der Waals surface area contributed by atoms with E-state index in [1.54, 1.807) is 12.1 Å². The largest absolute Gasteiger partial charge is 0.394 e. The van der Waals surface area contributed by atoms with Gasteiger partial charge in [-0.2, -0.15) is 5.10 Å². The Morgan fingerprint density at radius 2 is 1.89 bits per heavy atom. The van der Waals surface area contributed by atoms with E-state index in [0.29, 0.717) is 11.4 Å². The average Bonchev–Trinajstić information content (AvgIpc) is 3.03. The smallest absolute Gasteiger partial charge is 0.224 e. The van der Waals surface area contributed by atoms with Gasteiger partial charge in [0.2, 0.25) is 5.91 Å². The molecule has 3 aromatic rings. The Kier molecular flexibility index (Phi) is 6.27. The summed E-state index contributed by atoms with van der Waals surface area (Å²) in [6.45, 7) is 1.78. The Labute approximate surface area is 163 Å². The van der Waals surface area contributed by atoms with Gasteiger partial charge in [-0.05, 0) is 31.0 Å². The van der Waals surface area contributed by atoms with Gasteiger partial charge in [0.1, 0.15) is 0 Å². The summed E-state index contributed by atoms with van der Waals surface area (Å²) < 4.78 is 0. The van der Waals surface area contributed by atoms with Crippen LogP contribution in [0.1, 0.15) is 16.8 Å². The summed E-state index contributed by atoms with van der Waals surface area (Å²) in [6, 6.07) is 16.8. The first-order valence-corrected chi connectivity index (χ1v) is 9.18. The first-order chi connectivity index (χ1) is 13.1. The fourth-order valence-corrected chi connectivity index (χ4v) is 3.14. The molecule has 0 spiro atoms. The number of aryl methyl sites for hydroxylation is 1. The fraction of sp³-hybridized carbons (Fsp3) is 0.238. The lowest BCUT2D eigenvalue weighted by atomic mass is 10.0. The molecular formula is C21H22ClN3O2. The number of nitrogens with one attached hydrogen (secondary N) is 2. The maximum atomic E-state index is 12.6. The van der Waals surface area contributed by atoms with Gasteiger partial charge in [-0.3, -0.25) is 9.89 Å². The highest BCUT2D eigenvalue weighted by Crippen LogP contribution is 2.25. The molecule has 0 saturated heterocycles. The third kappa shape index (κ3) is 4.96. The van der Waals surface area contributed by atoms with Crippen molar-refractivity contribution in [1.82, 2.24) is 15.5 Å². The van der Waals surface area contributed by atoms with Crippen LogP contribution in [0.25, 0.3) is 11.3 Å². The molecule has 140 valence electrons. The highest BCUT2D eigenvalue weighted by molar-refractivity contribution is 6.30. The molecule has 5 nitrogen and oxygen atoms in total. The van der Waals surface area contributed by atoms with E-state index in [-0.39, 0.29) is 25.0 Å². The number of aromatic amines is 1. The number of hydrogen-bond donors (Lipinski definition) is 3. The molecule has 0 aliphatic rings. The fourth-order valence-electron chi connectivity index (χ4n) is 3.01. The number of aromatic nitrogens is 2. The molecule has 2 aromatic carbocycles. The van der Waals surface area contributed by atoms with Gasteiger partial charge < -0.3 is 10.4 Å². The highest BCUT2D eigenvalue weighted by atomic mass is 35.5. The van der Waals surface area contributed by atoms with Crippen LogP contribution in [0.4, 0.5) is 0 Å². The molecule has 1 aromatic heterocycles. The van der Waals surface area contributed by atoms with Crippen LogP contribution < -0.4 is 5.32 Å². The van der Waals surface area contributed by atoms with Gasteiger partial charge >= 0.3 is 0 Å². The summed E-state index contributed by atoms with van der Waals surface area (Å²) in [7, 11) is 0. The molecule has 1 amide bonds. The van der Waals surface area contributed by atoms with Gasteiger partial charge in [-0.1, -0.05) is 54.1 Å². The van der Waals surface area contributed by atoms with Crippen molar-refractivity contribution in [3.05, 3.63) is 76.4 Å². The zero-order valence-corrected chi connectivity index (χ0v) is 15.8. The lowest BCUT2D eigenvalue weighted by Crippen LogP contribution is -2.40. The number of carbonyl (C=O) groups is 1. The normalized spacial score (nSPS) is 12.0. The number of H-pyrrole nitrogens is 1. The second-order valence-electron chi connectivity index (χ2n) is 6.50. The van der Waals surface area contributed by atoms with Crippen molar-refractivity contribution < 1.29 is 9.90 Å². The monoisotopic (exact) mass is 383 g/mol. The molecule has 3 N–H and O–H groups in total. The molecular weight excluding hydrogens is 362 g/mol. The molecule has 0 aliphatic heterocycles. The number of benzene rings is 2. The number of aliphatic hydroxyl groups is 1. The van der Waals surface area contributed by atoms with Crippen LogP contribution in [0.5, 0.6) is 0 Å². The van der Waals surface area contributed by atoms with Gasteiger partial charge in [0, 0.05) is 21.8 Å². The SMILES string of the molecule is Cc1[nH]nc(-c2ccc(Cl)cc2)c1CC(=O)NC(CO)Cc1ccccc1. The molecule has 6 heteroatoms. The third-order valence-corrected chi connectivity index (χ3v) is 4.69. The zero-order chi connectivity index (χ0) is 19.2. The Balaban J connectivity index is 1.70. The Hall–Kier alpha value is -2.63. The number of aliphatic hydroxyl groups excluding tert-OH is 1. The van der Waals surface area contributed by atoms with Crippen LogP contribution in [0.15, 0.2) is 54.6 Å². The van der Waals surface area contributed by atoms with Gasteiger partial charge in [0.15, 0.2) is 0 Å². The summed E-state index contributed by atoms with van der Waals surface area (Å²) in [5.74, 6) is -0.148. The first kappa shape index (κ1) is 19.1. The molecule has 0 radical (unpaired) electrons. The summed E-state index contributed by atoms with van der Waals surface area (Å²) in [5.41, 5.74) is 4.39. The van der Waals surface area contributed by atoms with Gasteiger partial charge in [0.05, 0.1) is 24.8 Å². The lowest BCUT2D eigenvalue weighted by molar-refractivity contribution is -0.121. The van der Waals surface area contributed by atoms with Crippen LogP contribution >= 0.6 is 11.6 Å². The summed E-state index contributed by atoms with van der Waals surface area (Å²) in [4.78, 5) is 12.6. The van der Waals surface area contributed by atoms with Crippen molar-refractivity contribution in [2.24, 2.45) is 0 Å². The van der Waals surface area contributed by atoms with Gasteiger partial charge in [-0.25, -0.2) is 0 Å². The molecule has 1 atom stereocenters. The second-order valence-corrected chi connectivity index (χ2v) is 6.93. The lowest BCUT2D eigenvalue weighted by Gasteiger charge is -2.16. The Morgan fingerprint density at radius 3 is 2.56 bits per heavy atom. The summed E-state index contributed by atoms with van der Waals surface area (Å²) in [6.07, 6.45) is 0.767. The van der Waals surface area contributed by atoms with Crippen LogP contribution in [0, 0.1) is 6.92 Å². The quantitative estimate of drug-likeness (QED) is 0.585. The predicted molar refractivity (Wildman–Crippen MR) is 107 cm³/mol.